The first-order valence-corrected chi connectivity index (χ1v) is 6.63. The molecule has 0 saturated carbocycles. The molecule has 2 nitrogen and oxygen atoms in total. The molecule has 0 aromatic heterocycles. The molecule has 2 heterocycles. The summed E-state index contributed by atoms with van der Waals surface area (Å²) in [6.07, 6.45) is 1.35. The predicted octanol–water partition coefficient (Wildman–Crippen LogP) is 2.41. The lowest BCUT2D eigenvalue weighted by Gasteiger charge is -2.50. The number of hydrogen-bond donors (Lipinski definition) is 1. The van der Waals surface area contributed by atoms with E-state index in [0.29, 0.717) is 5.41 Å². The van der Waals surface area contributed by atoms with E-state index in [2.05, 4.69) is 43.1 Å². The van der Waals surface area contributed by atoms with Crippen LogP contribution in [-0.4, -0.2) is 26.2 Å². The molecule has 1 N–H and O–H groups in total. The van der Waals surface area contributed by atoms with Crippen molar-refractivity contribution >= 4 is 5.69 Å². The molecular weight excluding hydrogens is 208 g/mol. The summed E-state index contributed by atoms with van der Waals surface area (Å²) < 4.78 is 0. The number of aryl methyl sites for hydroxylation is 3. The minimum absolute atomic E-state index is 0.587. The Bertz CT molecular complexity index is 413. The summed E-state index contributed by atoms with van der Waals surface area (Å²) >= 11 is 0. The van der Waals surface area contributed by atoms with Crippen LogP contribution in [0.3, 0.4) is 0 Å². The van der Waals surface area contributed by atoms with E-state index in [1.165, 1.54) is 55.0 Å². The summed E-state index contributed by atoms with van der Waals surface area (Å²) in [4.78, 5) is 2.57. The lowest BCUT2D eigenvalue weighted by atomic mass is 9.78. The van der Waals surface area contributed by atoms with Gasteiger partial charge in [-0.3, -0.25) is 0 Å². The Labute approximate surface area is 104 Å². The number of benzene rings is 1. The Kier molecular flexibility index (Phi) is 2.44. The van der Waals surface area contributed by atoms with Crippen LogP contribution in [0.25, 0.3) is 0 Å². The Morgan fingerprint density at radius 3 is 2.29 bits per heavy atom. The molecule has 0 aliphatic carbocycles. The van der Waals surface area contributed by atoms with Gasteiger partial charge in [-0.1, -0.05) is 17.7 Å². The maximum absolute atomic E-state index is 3.50. The number of anilines is 1. The van der Waals surface area contributed by atoms with Gasteiger partial charge in [0.15, 0.2) is 0 Å². The van der Waals surface area contributed by atoms with Gasteiger partial charge in [0.25, 0.3) is 0 Å². The molecule has 0 amide bonds. The van der Waals surface area contributed by atoms with Crippen molar-refractivity contribution in [1.29, 1.82) is 0 Å². The number of nitrogens with one attached hydrogen (secondary N) is 1. The molecule has 2 heteroatoms. The zero-order valence-electron chi connectivity index (χ0n) is 11.1. The minimum Gasteiger partial charge on any atom is -0.370 e. The van der Waals surface area contributed by atoms with Gasteiger partial charge in [0.1, 0.15) is 0 Å². The Morgan fingerprint density at radius 1 is 1.12 bits per heavy atom. The normalized spacial score (nSPS) is 21.9. The Hall–Kier alpha value is -1.02. The summed E-state index contributed by atoms with van der Waals surface area (Å²) in [6, 6.07) is 4.61. The van der Waals surface area contributed by atoms with E-state index in [1.807, 2.05) is 0 Å². The van der Waals surface area contributed by atoms with Crippen molar-refractivity contribution in [3.05, 3.63) is 28.8 Å². The van der Waals surface area contributed by atoms with Crippen molar-refractivity contribution in [3.63, 3.8) is 0 Å². The van der Waals surface area contributed by atoms with Crippen LogP contribution in [0.2, 0.25) is 0 Å². The van der Waals surface area contributed by atoms with Gasteiger partial charge in [0.2, 0.25) is 0 Å². The molecule has 92 valence electrons. The van der Waals surface area contributed by atoms with Crippen LogP contribution in [-0.2, 0) is 0 Å². The zero-order valence-corrected chi connectivity index (χ0v) is 11.1. The molecule has 0 radical (unpaired) electrons. The summed E-state index contributed by atoms with van der Waals surface area (Å²) in [5, 5.41) is 3.50. The molecular formula is C15H22N2. The zero-order chi connectivity index (χ0) is 12.0. The van der Waals surface area contributed by atoms with Gasteiger partial charge in [0.05, 0.1) is 0 Å². The van der Waals surface area contributed by atoms with Crippen LogP contribution in [0.4, 0.5) is 5.69 Å². The van der Waals surface area contributed by atoms with Gasteiger partial charge in [-0.05, 0) is 44.9 Å². The third kappa shape index (κ3) is 1.75. The largest absolute Gasteiger partial charge is 0.370 e. The highest BCUT2D eigenvalue weighted by Crippen LogP contribution is 2.41. The van der Waals surface area contributed by atoms with E-state index < -0.39 is 0 Å². The first-order chi connectivity index (χ1) is 8.10. The predicted molar refractivity (Wildman–Crippen MR) is 72.8 cm³/mol. The third-order valence-corrected chi connectivity index (χ3v) is 4.34. The van der Waals surface area contributed by atoms with E-state index >= 15 is 0 Å². The van der Waals surface area contributed by atoms with E-state index in [9.17, 15) is 0 Å². The topological polar surface area (TPSA) is 15.3 Å². The van der Waals surface area contributed by atoms with Crippen molar-refractivity contribution < 1.29 is 0 Å². The highest BCUT2D eigenvalue weighted by Gasteiger charge is 2.45. The molecule has 0 bridgehead atoms. The van der Waals surface area contributed by atoms with Crippen LogP contribution in [0.1, 0.15) is 23.1 Å². The molecule has 2 aliphatic heterocycles. The molecule has 3 rings (SSSR count). The molecule has 1 spiro atoms. The van der Waals surface area contributed by atoms with Crippen molar-refractivity contribution in [2.75, 3.05) is 31.1 Å². The molecule has 1 aromatic rings. The van der Waals surface area contributed by atoms with Crippen LogP contribution in [0, 0.1) is 26.2 Å². The van der Waals surface area contributed by atoms with Gasteiger partial charge in [-0.2, -0.15) is 0 Å². The van der Waals surface area contributed by atoms with E-state index in [4.69, 9.17) is 0 Å². The fraction of sp³-hybridized carbons (Fsp3) is 0.600. The van der Waals surface area contributed by atoms with E-state index in [1.54, 1.807) is 0 Å². The number of nitrogens with zero attached hydrogens (tertiary/aromatic N) is 1. The van der Waals surface area contributed by atoms with Gasteiger partial charge in [-0.15, -0.1) is 0 Å². The second-order valence-corrected chi connectivity index (χ2v) is 6.03. The second kappa shape index (κ2) is 3.74. The van der Waals surface area contributed by atoms with Gasteiger partial charge < -0.3 is 10.2 Å². The Morgan fingerprint density at radius 2 is 1.76 bits per heavy atom. The summed E-state index contributed by atoms with van der Waals surface area (Å²) in [5.74, 6) is 0. The first-order valence-electron chi connectivity index (χ1n) is 6.63. The Balaban J connectivity index is 1.83. The first kappa shape index (κ1) is 11.1. The molecule has 2 aliphatic rings. The number of hydrogen-bond acceptors (Lipinski definition) is 2. The van der Waals surface area contributed by atoms with E-state index in [-0.39, 0.29) is 0 Å². The average molecular weight is 230 g/mol. The maximum Gasteiger partial charge on any atom is 0.0426 e. The average Bonchev–Trinajstić information content (AvgIpc) is 2.63. The molecule has 1 aromatic carbocycles. The third-order valence-electron chi connectivity index (χ3n) is 4.34. The fourth-order valence-electron chi connectivity index (χ4n) is 3.66. The quantitative estimate of drug-likeness (QED) is 0.797. The molecule has 2 saturated heterocycles. The highest BCUT2D eigenvalue weighted by molar-refractivity contribution is 5.62. The van der Waals surface area contributed by atoms with Crippen LogP contribution >= 0.6 is 0 Å². The second-order valence-electron chi connectivity index (χ2n) is 6.03. The van der Waals surface area contributed by atoms with Crippen molar-refractivity contribution in [3.8, 4) is 0 Å². The van der Waals surface area contributed by atoms with Crippen molar-refractivity contribution in [2.45, 2.75) is 27.2 Å². The summed E-state index contributed by atoms with van der Waals surface area (Å²) in [6.45, 7) is 11.6. The van der Waals surface area contributed by atoms with Crippen LogP contribution < -0.4 is 10.2 Å². The minimum atomic E-state index is 0.587. The maximum atomic E-state index is 3.50. The molecule has 0 unspecified atom stereocenters. The standard InChI is InChI=1S/C15H22N2/c1-11-6-12(2)14(13(3)7-11)17-9-15(10-17)4-5-16-8-15/h6-7,16H,4-5,8-10H2,1-3H3. The van der Waals surface area contributed by atoms with E-state index in [0.717, 1.165) is 0 Å². The summed E-state index contributed by atoms with van der Waals surface area (Å²) in [5.41, 5.74) is 6.31. The van der Waals surface area contributed by atoms with Gasteiger partial charge in [-0.25, -0.2) is 0 Å². The SMILES string of the molecule is Cc1cc(C)c(N2CC3(CCNC3)C2)c(C)c1. The molecule has 17 heavy (non-hydrogen) atoms. The molecule has 2 fully saturated rings. The van der Waals surface area contributed by atoms with Gasteiger partial charge in [0, 0.05) is 30.7 Å². The fourth-order valence-corrected chi connectivity index (χ4v) is 3.66. The van der Waals surface area contributed by atoms with Crippen molar-refractivity contribution in [2.24, 2.45) is 5.41 Å². The monoisotopic (exact) mass is 230 g/mol. The molecule has 0 atom stereocenters. The summed E-state index contributed by atoms with van der Waals surface area (Å²) in [7, 11) is 0. The van der Waals surface area contributed by atoms with Gasteiger partial charge >= 0.3 is 0 Å². The van der Waals surface area contributed by atoms with Crippen molar-refractivity contribution in [1.82, 2.24) is 5.32 Å². The lowest BCUT2D eigenvalue weighted by molar-refractivity contribution is 0.243. The van der Waals surface area contributed by atoms with Crippen LogP contribution in [0.5, 0.6) is 0 Å². The lowest BCUT2D eigenvalue weighted by Crippen LogP contribution is -2.58. The van der Waals surface area contributed by atoms with Crippen LogP contribution in [0.15, 0.2) is 12.1 Å². The number of rotatable bonds is 1. The smallest absolute Gasteiger partial charge is 0.0426 e. The highest BCUT2D eigenvalue weighted by atomic mass is 15.2.